The van der Waals surface area contributed by atoms with Crippen molar-refractivity contribution in [2.75, 3.05) is 31.1 Å². The van der Waals surface area contributed by atoms with E-state index in [0.717, 1.165) is 11.3 Å². The predicted molar refractivity (Wildman–Crippen MR) is 109 cm³/mol. The second-order valence-corrected chi connectivity index (χ2v) is 6.83. The number of rotatable bonds is 3. The molecule has 1 aliphatic heterocycles. The second-order valence-electron chi connectivity index (χ2n) is 6.83. The van der Waals surface area contributed by atoms with E-state index in [9.17, 15) is 4.79 Å². The third-order valence-corrected chi connectivity index (χ3v) is 5.04. The fourth-order valence-electron chi connectivity index (χ4n) is 3.55. The highest BCUT2D eigenvalue weighted by Gasteiger charge is 2.25. The SMILES string of the molecule is O=C(c1cn2ccnc(-c3ccccc3)c2n1)N1CCN(c2ncccn2)CC1. The standard InChI is InChI=1S/C21H19N7O/c29-20(26-11-13-27(14-12-26)21-23-7-4-8-24-21)17-15-28-10-9-22-18(19(28)25-17)16-5-2-1-3-6-16/h1-10,15H,11-14H2. The van der Waals surface area contributed by atoms with Crippen LogP contribution < -0.4 is 4.90 Å². The molecule has 0 unspecified atom stereocenters. The highest BCUT2D eigenvalue weighted by atomic mass is 16.2. The Labute approximate surface area is 167 Å². The van der Waals surface area contributed by atoms with Crippen molar-refractivity contribution < 1.29 is 4.79 Å². The Hall–Kier alpha value is -3.81. The molecule has 1 saturated heterocycles. The van der Waals surface area contributed by atoms with Gasteiger partial charge in [-0.15, -0.1) is 0 Å². The van der Waals surface area contributed by atoms with Crippen molar-refractivity contribution in [2.45, 2.75) is 0 Å². The molecule has 8 heteroatoms. The lowest BCUT2D eigenvalue weighted by Gasteiger charge is -2.34. The number of nitrogens with zero attached hydrogens (tertiary/aromatic N) is 7. The lowest BCUT2D eigenvalue weighted by molar-refractivity contribution is 0.0741. The van der Waals surface area contributed by atoms with E-state index >= 15 is 0 Å². The van der Waals surface area contributed by atoms with Crippen molar-refractivity contribution in [2.24, 2.45) is 0 Å². The zero-order valence-electron chi connectivity index (χ0n) is 15.7. The molecule has 0 bridgehead atoms. The van der Waals surface area contributed by atoms with Crippen molar-refractivity contribution in [3.63, 3.8) is 0 Å². The van der Waals surface area contributed by atoms with E-state index in [-0.39, 0.29) is 5.91 Å². The number of hydrogen-bond donors (Lipinski definition) is 0. The van der Waals surface area contributed by atoms with E-state index in [1.807, 2.05) is 45.8 Å². The Kier molecular flexibility index (Phi) is 4.36. The lowest BCUT2D eigenvalue weighted by atomic mass is 10.1. The van der Waals surface area contributed by atoms with E-state index < -0.39 is 0 Å². The summed E-state index contributed by atoms with van der Waals surface area (Å²) in [5.41, 5.74) is 2.84. The van der Waals surface area contributed by atoms with Gasteiger partial charge >= 0.3 is 0 Å². The van der Waals surface area contributed by atoms with Crippen LogP contribution in [0.15, 0.2) is 67.4 Å². The second kappa shape index (κ2) is 7.31. The molecule has 29 heavy (non-hydrogen) atoms. The predicted octanol–water partition coefficient (Wildman–Crippen LogP) is 2.15. The number of piperazine rings is 1. The third kappa shape index (κ3) is 3.29. The smallest absolute Gasteiger partial charge is 0.274 e. The molecule has 1 aliphatic rings. The number of carbonyl (C=O) groups is 1. The number of fused-ring (bicyclic) bond motifs is 1. The first kappa shape index (κ1) is 17.3. The monoisotopic (exact) mass is 385 g/mol. The van der Waals surface area contributed by atoms with Crippen molar-refractivity contribution in [1.82, 2.24) is 29.2 Å². The van der Waals surface area contributed by atoms with E-state index in [4.69, 9.17) is 0 Å². The Morgan fingerprint density at radius 1 is 0.862 bits per heavy atom. The Balaban J connectivity index is 1.37. The number of amides is 1. The van der Waals surface area contributed by atoms with Crippen molar-refractivity contribution in [3.8, 4) is 11.3 Å². The van der Waals surface area contributed by atoms with Crippen LogP contribution in [0.2, 0.25) is 0 Å². The molecule has 1 amide bonds. The summed E-state index contributed by atoms with van der Waals surface area (Å²) in [6.45, 7) is 2.60. The van der Waals surface area contributed by atoms with Gasteiger partial charge in [-0.05, 0) is 6.07 Å². The van der Waals surface area contributed by atoms with Crippen LogP contribution >= 0.6 is 0 Å². The molecule has 4 aromatic rings. The van der Waals surface area contributed by atoms with Crippen LogP contribution in [0.5, 0.6) is 0 Å². The van der Waals surface area contributed by atoms with Gasteiger partial charge in [0, 0.05) is 62.7 Å². The number of imidazole rings is 1. The molecule has 0 N–H and O–H groups in total. The molecule has 4 heterocycles. The van der Waals surface area contributed by atoms with E-state index in [0.29, 0.717) is 43.5 Å². The van der Waals surface area contributed by atoms with Crippen LogP contribution in [0.25, 0.3) is 16.9 Å². The zero-order valence-corrected chi connectivity index (χ0v) is 15.7. The maximum atomic E-state index is 13.0. The van der Waals surface area contributed by atoms with E-state index in [2.05, 4.69) is 24.8 Å². The fraction of sp³-hybridized carbons (Fsp3) is 0.190. The summed E-state index contributed by atoms with van der Waals surface area (Å²) < 4.78 is 1.86. The van der Waals surface area contributed by atoms with Crippen LogP contribution in [0.3, 0.4) is 0 Å². The summed E-state index contributed by atoms with van der Waals surface area (Å²) >= 11 is 0. The fourth-order valence-corrected chi connectivity index (χ4v) is 3.55. The van der Waals surface area contributed by atoms with E-state index in [1.165, 1.54) is 0 Å². The van der Waals surface area contributed by atoms with Gasteiger partial charge in [0.2, 0.25) is 5.95 Å². The van der Waals surface area contributed by atoms with Crippen molar-refractivity contribution in [1.29, 1.82) is 0 Å². The summed E-state index contributed by atoms with van der Waals surface area (Å²) in [7, 11) is 0. The Morgan fingerprint density at radius 2 is 1.62 bits per heavy atom. The van der Waals surface area contributed by atoms with E-state index in [1.54, 1.807) is 30.9 Å². The average molecular weight is 385 g/mol. The van der Waals surface area contributed by atoms with Crippen LogP contribution in [0, 0.1) is 0 Å². The van der Waals surface area contributed by atoms with Gasteiger partial charge in [0.05, 0.1) is 0 Å². The number of benzene rings is 1. The van der Waals surface area contributed by atoms with Gasteiger partial charge in [-0.1, -0.05) is 30.3 Å². The van der Waals surface area contributed by atoms with Crippen molar-refractivity contribution in [3.05, 3.63) is 73.1 Å². The van der Waals surface area contributed by atoms with Crippen LogP contribution in [0.1, 0.15) is 10.5 Å². The number of hydrogen-bond acceptors (Lipinski definition) is 6. The lowest BCUT2D eigenvalue weighted by Crippen LogP contribution is -2.49. The molecule has 0 radical (unpaired) electrons. The number of anilines is 1. The minimum Gasteiger partial charge on any atom is -0.337 e. The molecular formula is C21H19N7O. The maximum Gasteiger partial charge on any atom is 0.274 e. The molecule has 0 spiro atoms. The minimum absolute atomic E-state index is 0.0682. The van der Waals surface area contributed by atoms with Crippen LogP contribution in [-0.2, 0) is 0 Å². The average Bonchev–Trinajstić information content (AvgIpc) is 3.24. The summed E-state index contributed by atoms with van der Waals surface area (Å²) in [6, 6.07) is 11.7. The molecule has 1 aromatic carbocycles. The summed E-state index contributed by atoms with van der Waals surface area (Å²) in [6.07, 6.45) is 8.78. The summed E-state index contributed by atoms with van der Waals surface area (Å²) in [5.74, 6) is 0.632. The summed E-state index contributed by atoms with van der Waals surface area (Å²) in [5, 5.41) is 0. The van der Waals surface area contributed by atoms with Gasteiger partial charge in [0.15, 0.2) is 5.65 Å². The number of aromatic nitrogens is 5. The van der Waals surface area contributed by atoms with Crippen LogP contribution in [0.4, 0.5) is 5.95 Å². The first-order valence-electron chi connectivity index (χ1n) is 9.50. The van der Waals surface area contributed by atoms with Gasteiger partial charge < -0.3 is 14.2 Å². The van der Waals surface area contributed by atoms with Gasteiger partial charge in [-0.2, -0.15) is 0 Å². The topological polar surface area (TPSA) is 79.5 Å². The zero-order chi connectivity index (χ0) is 19.6. The highest BCUT2D eigenvalue weighted by molar-refractivity contribution is 5.93. The highest BCUT2D eigenvalue weighted by Crippen LogP contribution is 2.22. The van der Waals surface area contributed by atoms with Gasteiger partial charge in [-0.25, -0.2) is 15.0 Å². The van der Waals surface area contributed by atoms with Crippen molar-refractivity contribution >= 4 is 17.5 Å². The van der Waals surface area contributed by atoms with Gasteiger partial charge in [0.1, 0.15) is 11.4 Å². The molecule has 1 fully saturated rings. The Bertz CT molecular complexity index is 1140. The molecule has 5 rings (SSSR count). The molecule has 0 atom stereocenters. The first-order valence-corrected chi connectivity index (χ1v) is 9.50. The third-order valence-electron chi connectivity index (χ3n) is 5.04. The Morgan fingerprint density at radius 3 is 2.38 bits per heavy atom. The minimum atomic E-state index is -0.0682. The quantitative estimate of drug-likeness (QED) is 0.538. The van der Waals surface area contributed by atoms with Gasteiger partial charge in [-0.3, -0.25) is 9.78 Å². The molecule has 0 aliphatic carbocycles. The molecule has 8 nitrogen and oxygen atoms in total. The largest absolute Gasteiger partial charge is 0.337 e. The van der Waals surface area contributed by atoms with Crippen LogP contribution in [-0.4, -0.2) is 61.3 Å². The molecule has 3 aromatic heterocycles. The normalized spacial score (nSPS) is 14.3. The van der Waals surface area contributed by atoms with Gasteiger partial charge in [0.25, 0.3) is 5.91 Å². The summed E-state index contributed by atoms with van der Waals surface area (Å²) in [4.78, 5) is 34.6. The number of carbonyl (C=O) groups excluding carboxylic acids is 1. The first-order chi connectivity index (χ1) is 14.3. The maximum absolute atomic E-state index is 13.0. The molecule has 0 saturated carbocycles. The molecular weight excluding hydrogens is 366 g/mol. The molecule has 144 valence electrons.